The van der Waals surface area contributed by atoms with E-state index in [1.807, 2.05) is 11.5 Å². The zero-order valence-electron chi connectivity index (χ0n) is 15.0. The Balaban J connectivity index is 2.87. The third kappa shape index (κ3) is 3.32. The second-order valence-electron chi connectivity index (χ2n) is 7.31. The summed E-state index contributed by atoms with van der Waals surface area (Å²) in [6.07, 6.45) is 1.66. The van der Waals surface area contributed by atoms with E-state index in [9.17, 15) is 15.0 Å². The smallest absolute Gasteiger partial charge is 0.337 e. The van der Waals surface area contributed by atoms with Crippen LogP contribution in [-0.2, 0) is 18.4 Å². The molecule has 24 heavy (non-hydrogen) atoms. The van der Waals surface area contributed by atoms with Gasteiger partial charge in [0.25, 0.3) is 0 Å². The lowest BCUT2D eigenvalue weighted by molar-refractivity contribution is 0.0698. The Morgan fingerprint density at radius 1 is 1.29 bits per heavy atom. The molecule has 0 amide bonds. The number of rotatable bonds is 6. The van der Waals surface area contributed by atoms with E-state index in [4.69, 9.17) is 5.73 Å². The van der Waals surface area contributed by atoms with E-state index in [-0.39, 0.29) is 12.0 Å². The molecule has 1 heterocycles. The summed E-state index contributed by atoms with van der Waals surface area (Å²) in [7, 11) is 0. The van der Waals surface area contributed by atoms with Crippen molar-refractivity contribution in [2.24, 2.45) is 5.73 Å². The number of aliphatic hydroxyl groups excluding tert-OH is 1. The van der Waals surface area contributed by atoms with Crippen molar-refractivity contribution >= 4 is 16.9 Å². The van der Waals surface area contributed by atoms with Crippen molar-refractivity contribution in [3.63, 3.8) is 0 Å². The lowest BCUT2D eigenvalue weighted by Crippen LogP contribution is -2.14. The van der Waals surface area contributed by atoms with Gasteiger partial charge in [-0.25, -0.2) is 4.79 Å². The van der Waals surface area contributed by atoms with Gasteiger partial charge in [-0.15, -0.1) is 0 Å². The minimum Gasteiger partial charge on any atom is -0.478 e. The molecule has 0 saturated heterocycles. The van der Waals surface area contributed by atoms with E-state index in [0.717, 1.165) is 35.0 Å². The lowest BCUT2D eigenvalue weighted by atomic mass is 9.84. The molecule has 2 aromatic rings. The van der Waals surface area contributed by atoms with Crippen molar-refractivity contribution in [2.45, 2.75) is 52.5 Å². The molecular formula is C19H28N2O3. The maximum atomic E-state index is 11.9. The van der Waals surface area contributed by atoms with Gasteiger partial charge in [-0.1, -0.05) is 20.8 Å². The lowest BCUT2D eigenvalue weighted by Gasteiger charge is -2.20. The fourth-order valence-electron chi connectivity index (χ4n) is 3.25. The van der Waals surface area contributed by atoms with Crippen molar-refractivity contribution in [3.8, 4) is 0 Å². The normalized spacial score (nSPS) is 12.1. The molecule has 0 aliphatic rings. The monoisotopic (exact) mass is 332 g/mol. The molecule has 0 aliphatic heterocycles. The molecule has 0 saturated carbocycles. The number of benzene rings is 1. The summed E-state index contributed by atoms with van der Waals surface area (Å²) < 4.78 is 1.93. The number of fused-ring (bicyclic) bond motifs is 1. The Hall–Kier alpha value is -1.85. The van der Waals surface area contributed by atoms with E-state index >= 15 is 0 Å². The largest absolute Gasteiger partial charge is 0.478 e. The molecule has 1 aromatic carbocycles. The van der Waals surface area contributed by atoms with Crippen LogP contribution in [-0.4, -0.2) is 33.9 Å². The SMILES string of the molecule is Cc1c(CCCN)c2cc(C(C)(C)C)cc(C(=O)O)c2n1CCO. The summed E-state index contributed by atoms with van der Waals surface area (Å²) >= 11 is 0. The number of hydrogen-bond donors (Lipinski definition) is 3. The van der Waals surface area contributed by atoms with Crippen molar-refractivity contribution in [1.29, 1.82) is 0 Å². The number of aromatic carboxylic acids is 1. The quantitative estimate of drug-likeness (QED) is 0.759. The Labute approximate surface area is 143 Å². The number of hydrogen-bond acceptors (Lipinski definition) is 3. The number of carboxylic acid groups (broad SMARTS) is 1. The third-order valence-corrected chi connectivity index (χ3v) is 4.60. The number of carbonyl (C=O) groups is 1. The van der Waals surface area contributed by atoms with E-state index in [0.29, 0.717) is 24.2 Å². The Kier molecular flexibility index (Phi) is 5.35. The number of nitrogens with zero attached hydrogens (tertiary/aromatic N) is 1. The average molecular weight is 332 g/mol. The summed E-state index contributed by atoms with van der Waals surface area (Å²) in [4.78, 5) is 11.9. The van der Waals surface area contributed by atoms with Crippen LogP contribution in [0.2, 0.25) is 0 Å². The van der Waals surface area contributed by atoms with Gasteiger partial charge in [0.2, 0.25) is 0 Å². The molecular weight excluding hydrogens is 304 g/mol. The van der Waals surface area contributed by atoms with E-state index in [1.165, 1.54) is 0 Å². The number of aliphatic hydroxyl groups is 1. The van der Waals surface area contributed by atoms with Crippen LogP contribution in [0, 0.1) is 6.92 Å². The first-order chi connectivity index (χ1) is 11.2. The minimum atomic E-state index is -0.937. The zero-order chi connectivity index (χ0) is 18.1. The summed E-state index contributed by atoms with van der Waals surface area (Å²) in [5, 5.41) is 20.1. The van der Waals surface area contributed by atoms with E-state index in [1.54, 1.807) is 6.07 Å². The highest BCUT2D eigenvalue weighted by atomic mass is 16.4. The summed E-state index contributed by atoms with van der Waals surface area (Å²) in [5.74, 6) is -0.937. The first-order valence-corrected chi connectivity index (χ1v) is 8.42. The van der Waals surface area contributed by atoms with Crippen LogP contribution < -0.4 is 5.73 Å². The zero-order valence-corrected chi connectivity index (χ0v) is 15.0. The highest BCUT2D eigenvalue weighted by Crippen LogP contribution is 2.34. The second-order valence-corrected chi connectivity index (χ2v) is 7.31. The predicted octanol–water partition coefficient (Wildman–Crippen LogP) is 2.83. The second kappa shape index (κ2) is 6.95. The van der Waals surface area contributed by atoms with Crippen LogP contribution in [0.25, 0.3) is 10.9 Å². The molecule has 0 bridgehead atoms. The van der Waals surface area contributed by atoms with Gasteiger partial charge in [0.1, 0.15) is 0 Å². The number of aromatic nitrogens is 1. The van der Waals surface area contributed by atoms with E-state index in [2.05, 4.69) is 26.8 Å². The molecule has 0 aliphatic carbocycles. The van der Waals surface area contributed by atoms with Crippen molar-refractivity contribution in [1.82, 2.24) is 4.57 Å². The molecule has 0 atom stereocenters. The highest BCUT2D eigenvalue weighted by Gasteiger charge is 2.24. The van der Waals surface area contributed by atoms with Gasteiger partial charge in [-0.3, -0.25) is 0 Å². The van der Waals surface area contributed by atoms with Gasteiger partial charge < -0.3 is 20.5 Å². The van der Waals surface area contributed by atoms with Crippen LogP contribution in [0.3, 0.4) is 0 Å². The van der Waals surface area contributed by atoms with Gasteiger partial charge in [0, 0.05) is 17.6 Å². The number of aryl methyl sites for hydroxylation is 1. The Bertz CT molecular complexity index is 754. The highest BCUT2D eigenvalue weighted by molar-refractivity contribution is 6.04. The topological polar surface area (TPSA) is 88.5 Å². The van der Waals surface area contributed by atoms with Crippen molar-refractivity contribution in [2.75, 3.05) is 13.2 Å². The maximum Gasteiger partial charge on any atom is 0.337 e. The van der Waals surface area contributed by atoms with Crippen LogP contribution >= 0.6 is 0 Å². The first kappa shape index (κ1) is 18.5. The molecule has 5 heteroatoms. The van der Waals surface area contributed by atoms with Crippen molar-refractivity contribution in [3.05, 3.63) is 34.5 Å². The van der Waals surface area contributed by atoms with Gasteiger partial charge in [0.05, 0.1) is 17.7 Å². The summed E-state index contributed by atoms with van der Waals surface area (Å²) in [5.41, 5.74) is 9.69. The minimum absolute atomic E-state index is 0.0268. The molecule has 132 valence electrons. The summed E-state index contributed by atoms with van der Waals surface area (Å²) in [6.45, 7) is 9.19. The van der Waals surface area contributed by atoms with E-state index < -0.39 is 5.97 Å². The summed E-state index contributed by atoms with van der Waals surface area (Å²) in [6, 6.07) is 3.87. The van der Waals surface area contributed by atoms with Gasteiger partial charge in [0.15, 0.2) is 0 Å². The molecule has 4 N–H and O–H groups in total. The molecule has 5 nitrogen and oxygen atoms in total. The van der Waals surface area contributed by atoms with Crippen LogP contribution in [0.5, 0.6) is 0 Å². The number of nitrogens with two attached hydrogens (primary N) is 1. The van der Waals surface area contributed by atoms with Gasteiger partial charge in [-0.05, 0) is 55.0 Å². The fraction of sp³-hybridized carbons (Fsp3) is 0.526. The molecule has 1 aromatic heterocycles. The maximum absolute atomic E-state index is 11.9. The molecule has 0 radical (unpaired) electrons. The fourth-order valence-corrected chi connectivity index (χ4v) is 3.25. The van der Waals surface area contributed by atoms with Gasteiger partial charge in [-0.2, -0.15) is 0 Å². The third-order valence-electron chi connectivity index (χ3n) is 4.60. The molecule has 2 rings (SSSR count). The van der Waals surface area contributed by atoms with Crippen LogP contribution in [0.4, 0.5) is 0 Å². The average Bonchev–Trinajstić information content (AvgIpc) is 2.76. The first-order valence-electron chi connectivity index (χ1n) is 8.42. The Morgan fingerprint density at radius 2 is 1.96 bits per heavy atom. The number of carboxylic acids is 1. The predicted molar refractivity (Wildman–Crippen MR) is 96.8 cm³/mol. The van der Waals surface area contributed by atoms with Gasteiger partial charge >= 0.3 is 5.97 Å². The van der Waals surface area contributed by atoms with Crippen LogP contribution in [0.1, 0.15) is 54.4 Å². The van der Waals surface area contributed by atoms with Crippen LogP contribution in [0.15, 0.2) is 12.1 Å². The van der Waals surface area contributed by atoms with Crippen molar-refractivity contribution < 1.29 is 15.0 Å². The molecule has 0 fully saturated rings. The Morgan fingerprint density at radius 3 is 2.46 bits per heavy atom. The molecule has 0 spiro atoms. The molecule has 0 unspecified atom stereocenters. The standard InChI is InChI=1S/C19H28N2O3/c1-12-14(6-5-7-20)15-10-13(19(2,3)4)11-16(18(23)24)17(15)21(12)8-9-22/h10-11,22H,5-9,20H2,1-4H3,(H,23,24).